The molecule has 1 aliphatic heterocycles. The van der Waals surface area contributed by atoms with Crippen molar-refractivity contribution < 1.29 is 19.1 Å². The summed E-state index contributed by atoms with van der Waals surface area (Å²) in [5, 5.41) is 2.79. The van der Waals surface area contributed by atoms with Crippen LogP contribution >= 0.6 is 0 Å². The average Bonchev–Trinajstić information content (AvgIpc) is 2.71. The second kappa shape index (κ2) is 8.56. The van der Waals surface area contributed by atoms with Crippen LogP contribution < -0.4 is 15.0 Å². The fraction of sp³-hybridized carbons (Fsp3) is 0.286. The van der Waals surface area contributed by atoms with Crippen LogP contribution in [0.15, 0.2) is 48.5 Å². The van der Waals surface area contributed by atoms with Crippen molar-refractivity contribution >= 4 is 23.4 Å². The van der Waals surface area contributed by atoms with Gasteiger partial charge in [0.2, 0.25) is 5.91 Å². The number of nitrogens with zero attached hydrogens (tertiary/aromatic N) is 2. The highest BCUT2D eigenvalue weighted by Crippen LogP contribution is 2.21. The van der Waals surface area contributed by atoms with Crippen molar-refractivity contribution in [2.75, 3.05) is 31.6 Å². The number of ether oxygens (including phenoxy) is 1. The molecule has 28 heavy (non-hydrogen) atoms. The Kier molecular flexibility index (Phi) is 5.93. The van der Waals surface area contributed by atoms with Gasteiger partial charge in [-0.2, -0.15) is 0 Å². The van der Waals surface area contributed by atoms with E-state index in [-0.39, 0.29) is 12.5 Å². The summed E-state index contributed by atoms with van der Waals surface area (Å²) in [4.78, 5) is 39.8. The Bertz CT molecular complexity index is 862. The van der Waals surface area contributed by atoms with Crippen molar-refractivity contribution in [1.29, 1.82) is 0 Å². The summed E-state index contributed by atoms with van der Waals surface area (Å²) in [5.74, 6) is -0.929. The Morgan fingerprint density at radius 2 is 1.68 bits per heavy atom. The lowest BCUT2D eigenvalue weighted by Crippen LogP contribution is -2.56. The molecule has 1 saturated heterocycles. The summed E-state index contributed by atoms with van der Waals surface area (Å²) < 4.78 is 5.10. The van der Waals surface area contributed by atoms with Crippen LogP contribution in [0.25, 0.3) is 0 Å². The van der Waals surface area contributed by atoms with Gasteiger partial charge in [0.15, 0.2) is 0 Å². The Balaban J connectivity index is 1.54. The zero-order chi connectivity index (χ0) is 20.1. The fourth-order valence-electron chi connectivity index (χ4n) is 2.97. The predicted octanol–water partition coefficient (Wildman–Crippen LogP) is 1.50. The molecule has 2 aromatic carbocycles. The van der Waals surface area contributed by atoms with E-state index in [9.17, 15) is 14.4 Å². The van der Waals surface area contributed by atoms with Crippen LogP contribution in [-0.4, -0.2) is 49.4 Å². The molecule has 0 radical (unpaired) electrons. The van der Waals surface area contributed by atoms with Gasteiger partial charge >= 0.3 is 11.8 Å². The van der Waals surface area contributed by atoms with E-state index in [0.29, 0.717) is 31.1 Å². The van der Waals surface area contributed by atoms with E-state index in [4.69, 9.17) is 4.74 Å². The number of nitrogens with one attached hydrogen (secondary N) is 1. The van der Waals surface area contributed by atoms with Crippen LogP contribution in [0, 0.1) is 6.92 Å². The predicted molar refractivity (Wildman–Crippen MR) is 105 cm³/mol. The van der Waals surface area contributed by atoms with Gasteiger partial charge < -0.3 is 19.9 Å². The Labute approximate surface area is 163 Å². The molecule has 1 N–H and O–H groups in total. The highest BCUT2D eigenvalue weighted by atomic mass is 16.5. The first-order chi connectivity index (χ1) is 13.5. The lowest BCUT2D eigenvalue weighted by atomic mass is 10.1. The Morgan fingerprint density at radius 1 is 1.00 bits per heavy atom. The maximum atomic E-state index is 12.5. The van der Waals surface area contributed by atoms with E-state index in [1.165, 1.54) is 9.80 Å². The molecule has 1 fully saturated rings. The smallest absolute Gasteiger partial charge is 0.316 e. The first-order valence-electron chi connectivity index (χ1n) is 9.05. The van der Waals surface area contributed by atoms with Crippen LogP contribution in [0.1, 0.15) is 11.1 Å². The number of amides is 3. The van der Waals surface area contributed by atoms with E-state index in [1.54, 1.807) is 31.4 Å². The van der Waals surface area contributed by atoms with Gasteiger partial charge in [0.05, 0.1) is 7.11 Å². The van der Waals surface area contributed by atoms with Crippen molar-refractivity contribution in [2.45, 2.75) is 13.5 Å². The van der Waals surface area contributed by atoms with E-state index in [2.05, 4.69) is 5.32 Å². The quantitative estimate of drug-likeness (QED) is 0.769. The summed E-state index contributed by atoms with van der Waals surface area (Å²) in [5.41, 5.74) is 2.75. The normalized spacial score (nSPS) is 14.2. The third-order valence-corrected chi connectivity index (χ3v) is 4.64. The monoisotopic (exact) mass is 381 g/mol. The zero-order valence-electron chi connectivity index (χ0n) is 16.0. The number of methoxy groups -OCH3 is 1. The van der Waals surface area contributed by atoms with Crippen LogP contribution in [-0.2, 0) is 20.9 Å². The van der Waals surface area contributed by atoms with Crippen molar-refractivity contribution in [3.05, 3.63) is 59.7 Å². The van der Waals surface area contributed by atoms with E-state index < -0.39 is 11.8 Å². The summed E-state index contributed by atoms with van der Waals surface area (Å²) in [7, 11) is 1.56. The largest absolute Gasteiger partial charge is 0.497 e. The van der Waals surface area contributed by atoms with Crippen molar-refractivity contribution in [1.82, 2.24) is 10.2 Å². The first-order valence-corrected chi connectivity index (χ1v) is 9.05. The number of piperazine rings is 1. The van der Waals surface area contributed by atoms with Crippen molar-refractivity contribution in [3.63, 3.8) is 0 Å². The molecule has 0 aliphatic carbocycles. The molecule has 0 atom stereocenters. The third-order valence-electron chi connectivity index (χ3n) is 4.64. The van der Waals surface area contributed by atoms with Gasteiger partial charge in [-0.25, -0.2) is 0 Å². The van der Waals surface area contributed by atoms with E-state index in [0.717, 1.165) is 11.1 Å². The van der Waals surface area contributed by atoms with E-state index >= 15 is 0 Å². The molecule has 1 aliphatic rings. The number of rotatable bonds is 6. The minimum atomic E-state index is -0.674. The molecule has 0 bridgehead atoms. The number of carbonyl (C=O) groups is 3. The summed E-state index contributed by atoms with van der Waals surface area (Å²) in [6, 6.07) is 14.8. The highest BCUT2D eigenvalue weighted by Gasteiger charge is 2.34. The molecule has 7 heteroatoms. The maximum Gasteiger partial charge on any atom is 0.316 e. The van der Waals surface area contributed by atoms with Crippen molar-refractivity contribution in [3.8, 4) is 5.75 Å². The summed E-state index contributed by atoms with van der Waals surface area (Å²) >= 11 is 0. The molecule has 0 spiro atoms. The van der Waals surface area contributed by atoms with Gasteiger partial charge in [0, 0.05) is 25.3 Å². The number of hydrogen-bond donors (Lipinski definition) is 1. The van der Waals surface area contributed by atoms with Gasteiger partial charge in [0.25, 0.3) is 0 Å². The molecular weight excluding hydrogens is 358 g/mol. The number of benzene rings is 2. The number of carbonyl (C=O) groups excluding carboxylic acids is 3. The van der Waals surface area contributed by atoms with Gasteiger partial charge in [-0.05, 0) is 36.8 Å². The Morgan fingerprint density at radius 3 is 2.32 bits per heavy atom. The topological polar surface area (TPSA) is 79.0 Å². The molecular formula is C21H23N3O4. The lowest BCUT2D eigenvalue weighted by Gasteiger charge is -2.33. The first kappa shape index (κ1) is 19.4. The van der Waals surface area contributed by atoms with Crippen LogP contribution in [0.2, 0.25) is 0 Å². The third kappa shape index (κ3) is 4.49. The summed E-state index contributed by atoms with van der Waals surface area (Å²) in [6.07, 6.45) is 0. The molecule has 2 aromatic rings. The molecule has 3 rings (SSSR count). The number of anilines is 1. The highest BCUT2D eigenvalue weighted by molar-refractivity contribution is 6.41. The Hall–Kier alpha value is -3.35. The number of aryl methyl sites for hydroxylation is 1. The molecule has 0 aromatic heterocycles. The average molecular weight is 381 g/mol. The van der Waals surface area contributed by atoms with Crippen LogP contribution in [0.4, 0.5) is 5.69 Å². The zero-order valence-corrected chi connectivity index (χ0v) is 16.0. The van der Waals surface area contributed by atoms with Crippen LogP contribution in [0.3, 0.4) is 0 Å². The minimum absolute atomic E-state index is 0.132. The second-order valence-electron chi connectivity index (χ2n) is 6.64. The SMILES string of the molecule is COc1ccc(N2CCN(CC(=O)NCc3ccc(C)cc3)C(=O)C2=O)cc1. The van der Waals surface area contributed by atoms with Crippen molar-refractivity contribution in [2.24, 2.45) is 0 Å². The van der Waals surface area contributed by atoms with Gasteiger partial charge in [-0.3, -0.25) is 14.4 Å². The minimum Gasteiger partial charge on any atom is -0.497 e. The van der Waals surface area contributed by atoms with Gasteiger partial charge in [0.1, 0.15) is 12.3 Å². The molecule has 0 unspecified atom stereocenters. The van der Waals surface area contributed by atoms with E-state index in [1.807, 2.05) is 31.2 Å². The second-order valence-corrected chi connectivity index (χ2v) is 6.64. The summed E-state index contributed by atoms with van der Waals surface area (Å²) in [6.45, 7) is 2.88. The lowest BCUT2D eigenvalue weighted by molar-refractivity contribution is -0.147. The molecule has 1 heterocycles. The maximum absolute atomic E-state index is 12.5. The molecule has 3 amide bonds. The molecule has 146 valence electrons. The van der Waals surface area contributed by atoms with Crippen LogP contribution in [0.5, 0.6) is 5.75 Å². The molecule has 0 saturated carbocycles. The van der Waals surface area contributed by atoms with Gasteiger partial charge in [-0.1, -0.05) is 29.8 Å². The standard InChI is InChI=1S/C21H23N3O4/c1-15-3-5-16(6-4-15)13-22-19(25)14-23-11-12-24(21(27)20(23)26)17-7-9-18(28-2)10-8-17/h3-10H,11-14H2,1-2H3,(H,22,25). The molecule has 7 nitrogen and oxygen atoms in total. The van der Waals surface area contributed by atoms with Gasteiger partial charge in [-0.15, -0.1) is 0 Å². The fourth-order valence-corrected chi connectivity index (χ4v) is 2.97. The number of hydrogen-bond acceptors (Lipinski definition) is 4.